The van der Waals surface area contributed by atoms with E-state index in [-0.39, 0.29) is 11.5 Å². The van der Waals surface area contributed by atoms with E-state index in [0.717, 1.165) is 51.1 Å². The fourth-order valence-corrected chi connectivity index (χ4v) is 5.73. The van der Waals surface area contributed by atoms with Crippen LogP contribution < -0.4 is 16.2 Å². The summed E-state index contributed by atoms with van der Waals surface area (Å²) in [6.45, 7) is 5.93. The van der Waals surface area contributed by atoms with Crippen molar-refractivity contribution in [2.24, 2.45) is 5.92 Å². The predicted molar refractivity (Wildman–Crippen MR) is 127 cm³/mol. The quantitative estimate of drug-likeness (QED) is 0.754. The Bertz CT molecular complexity index is 1090. The summed E-state index contributed by atoms with van der Waals surface area (Å²) in [6, 6.07) is 13.0. The topological polar surface area (TPSA) is 86.7 Å². The number of nitrogens with zero attached hydrogens (tertiary/aromatic N) is 3. The van der Waals surface area contributed by atoms with Crippen LogP contribution in [-0.2, 0) is 11.3 Å². The smallest absolute Gasteiger partial charge is 0.323 e. The molecule has 4 heterocycles. The number of nitrogens with one attached hydrogen (secondary N) is 2. The van der Waals surface area contributed by atoms with Gasteiger partial charge in [0.05, 0.1) is 0 Å². The summed E-state index contributed by atoms with van der Waals surface area (Å²) in [7, 11) is 0. The molecule has 3 aliphatic heterocycles. The minimum absolute atomic E-state index is 0.131. The van der Waals surface area contributed by atoms with Crippen molar-refractivity contribution in [2.75, 3.05) is 36.8 Å². The second-order valence-corrected chi connectivity index (χ2v) is 9.52. The van der Waals surface area contributed by atoms with Crippen molar-refractivity contribution in [3.63, 3.8) is 0 Å². The second-order valence-electron chi connectivity index (χ2n) is 9.52. The zero-order chi connectivity index (χ0) is 22.9. The van der Waals surface area contributed by atoms with E-state index in [9.17, 15) is 14.4 Å². The van der Waals surface area contributed by atoms with Crippen LogP contribution in [0, 0.1) is 5.92 Å². The van der Waals surface area contributed by atoms with Crippen molar-refractivity contribution in [3.05, 3.63) is 58.5 Å². The fraction of sp³-hybridized carbons (Fsp3) is 0.480. The molecule has 5 rings (SSSR count). The Kier molecular flexibility index (Phi) is 5.93. The zero-order valence-electron chi connectivity index (χ0n) is 19.0. The minimum atomic E-state index is -0.419. The molecule has 3 amide bonds. The summed E-state index contributed by atoms with van der Waals surface area (Å²) in [5.74, 6) is 0.913. The Labute approximate surface area is 193 Å². The number of rotatable bonds is 3. The van der Waals surface area contributed by atoms with E-state index in [1.807, 2.05) is 33.7 Å². The van der Waals surface area contributed by atoms with Crippen molar-refractivity contribution in [3.8, 4) is 0 Å². The van der Waals surface area contributed by atoms with Crippen molar-refractivity contribution < 1.29 is 9.59 Å². The predicted octanol–water partition coefficient (Wildman–Crippen LogP) is 2.92. The van der Waals surface area contributed by atoms with Crippen molar-refractivity contribution in [1.29, 1.82) is 0 Å². The maximum Gasteiger partial charge on any atom is 0.323 e. The number of aromatic nitrogens is 1. The number of piperidine rings is 2. The molecule has 1 aromatic heterocycles. The van der Waals surface area contributed by atoms with Gasteiger partial charge >= 0.3 is 6.03 Å². The highest BCUT2D eigenvalue weighted by atomic mass is 16.2. The molecule has 2 aromatic rings. The Morgan fingerprint density at radius 1 is 0.939 bits per heavy atom. The summed E-state index contributed by atoms with van der Waals surface area (Å²) in [5, 5.41) is 5.48. The monoisotopic (exact) mass is 449 g/mol. The highest BCUT2D eigenvalue weighted by molar-refractivity contribution is 5.99. The van der Waals surface area contributed by atoms with Gasteiger partial charge in [0.25, 0.3) is 5.56 Å². The molecule has 2 saturated heterocycles. The van der Waals surface area contributed by atoms with Gasteiger partial charge in [-0.2, -0.15) is 0 Å². The average Bonchev–Trinajstić information content (AvgIpc) is 2.82. The molecule has 2 fully saturated rings. The maximum atomic E-state index is 13.2. The van der Waals surface area contributed by atoms with Gasteiger partial charge in [-0.3, -0.25) is 14.5 Å². The third kappa shape index (κ3) is 4.53. The molecule has 0 radical (unpaired) electrons. The zero-order valence-corrected chi connectivity index (χ0v) is 19.0. The lowest BCUT2D eigenvalue weighted by Gasteiger charge is -2.47. The van der Waals surface area contributed by atoms with Crippen LogP contribution in [0.4, 0.5) is 16.2 Å². The van der Waals surface area contributed by atoms with E-state index < -0.39 is 6.03 Å². The largest absolute Gasteiger partial charge is 0.343 e. The summed E-state index contributed by atoms with van der Waals surface area (Å²) in [5.41, 5.74) is 1.92. The Balaban J connectivity index is 1.27. The van der Waals surface area contributed by atoms with Gasteiger partial charge in [-0.25, -0.2) is 4.79 Å². The molecule has 2 atom stereocenters. The van der Waals surface area contributed by atoms with Crippen LogP contribution in [-0.4, -0.2) is 58.5 Å². The van der Waals surface area contributed by atoms with Crippen LogP contribution in [0.3, 0.4) is 0 Å². The number of carbonyl (C=O) groups excluding carboxylic acids is 2. The van der Waals surface area contributed by atoms with E-state index in [1.54, 1.807) is 25.1 Å². The molecule has 0 saturated carbocycles. The molecular weight excluding hydrogens is 418 g/mol. The molecular formula is C25H31N5O3. The molecule has 0 aliphatic carbocycles. The third-order valence-electron chi connectivity index (χ3n) is 7.34. The number of para-hydroxylation sites is 1. The van der Waals surface area contributed by atoms with Crippen LogP contribution >= 0.6 is 0 Å². The fourth-order valence-electron chi connectivity index (χ4n) is 5.73. The van der Waals surface area contributed by atoms with Crippen LogP contribution in [0.1, 0.15) is 37.8 Å². The number of hydrogen-bond donors (Lipinski definition) is 2. The van der Waals surface area contributed by atoms with Gasteiger partial charge in [0.1, 0.15) is 5.69 Å². The van der Waals surface area contributed by atoms with E-state index in [2.05, 4.69) is 15.5 Å². The summed E-state index contributed by atoms with van der Waals surface area (Å²) in [4.78, 5) is 41.7. The molecule has 8 heteroatoms. The normalized spacial score (nSPS) is 23.0. The first kappa shape index (κ1) is 21.7. The lowest BCUT2D eigenvalue weighted by molar-refractivity contribution is -0.130. The van der Waals surface area contributed by atoms with Gasteiger partial charge in [0.15, 0.2) is 0 Å². The molecule has 0 spiro atoms. The molecule has 2 unspecified atom stereocenters. The second kappa shape index (κ2) is 9.02. The minimum Gasteiger partial charge on any atom is -0.343 e. The summed E-state index contributed by atoms with van der Waals surface area (Å²) >= 11 is 0. The van der Waals surface area contributed by atoms with E-state index in [1.165, 1.54) is 0 Å². The number of anilines is 2. The molecule has 2 bridgehead atoms. The van der Waals surface area contributed by atoms with Gasteiger partial charge in [-0.05, 0) is 49.4 Å². The average molecular weight is 450 g/mol. The number of urea groups is 1. The first-order chi connectivity index (χ1) is 16.0. The molecule has 174 valence electrons. The highest BCUT2D eigenvalue weighted by Gasteiger charge is 2.38. The highest BCUT2D eigenvalue weighted by Crippen LogP contribution is 2.37. The molecule has 33 heavy (non-hydrogen) atoms. The lowest BCUT2D eigenvalue weighted by Crippen LogP contribution is -2.53. The molecule has 8 nitrogen and oxygen atoms in total. The van der Waals surface area contributed by atoms with Crippen LogP contribution in [0.15, 0.2) is 47.3 Å². The van der Waals surface area contributed by atoms with E-state index in [0.29, 0.717) is 35.8 Å². The lowest BCUT2D eigenvalue weighted by atomic mass is 9.82. The van der Waals surface area contributed by atoms with Gasteiger partial charge in [0, 0.05) is 63.0 Å². The number of hydrogen-bond acceptors (Lipinski definition) is 4. The van der Waals surface area contributed by atoms with E-state index in [4.69, 9.17) is 0 Å². The summed E-state index contributed by atoms with van der Waals surface area (Å²) in [6.07, 6.45) is 3.14. The van der Waals surface area contributed by atoms with Crippen LogP contribution in [0.25, 0.3) is 0 Å². The maximum absolute atomic E-state index is 13.2. The first-order valence-corrected chi connectivity index (χ1v) is 11.8. The first-order valence-electron chi connectivity index (χ1n) is 11.8. The van der Waals surface area contributed by atoms with Gasteiger partial charge < -0.3 is 20.1 Å². The Morgan fingerprint density at radius 2 is 1.70 bits per heavy atom. The molecule has 2 N–H and O–H groups in total. The van der Waals surface area contributed by atoms with Crippen LogP contribution in [0.5, 0.6) is 0 Å². The van der Waals surface area contributed by atoms with E-state index >= 15 is 0 Å². The number of pyridine rings is 1. The van der Waals surface area contributed by atoms with Crippen molar-refractivity contribution >= 4 is 23.3 Å². The van der Waals surface area contributed by atoms with Crippen molar-refractivity contribution in [1.82, 2.24) is 14.4 Å². The molecule has 1 aromatic carbocycles. The Morgan fingerprint density at radius 3 is 2.42 bits per heavy atom. The summed E-state index contributed by atoms with van der Waals surface area (Å²) < 4.78 is 1.87. The van der Waals surface area contributed by atoms with Gasteiger partial charge in [-0.15, -0.1) is 0 Å². The van der Waals surface area contributed by atoms with Crippen LogP contribution in [0.2, 0.25) is 0 Å². The molecule has 3 aliphatic rings. The standard InChI is InChI=1S/C25H31N5O3/c1-17(31)28-11-9-21(10-12-28)29-14-18-13-19(16-29)23-8-7-22(24(32)30(23)15-18)27-25(33)26-20-5-3-2-4-6-20/h2-8,18-19,21H,9-16H2,1H3,(H2,26,27,33). The van der Waals surface area contributed by atoms with Crippen molar-refractivity contribution in [2.45, 2.75) is 44.7 Å². The third-order valence-corrected chi connectivity index (χ3v) is 7.34. The van der Waals surface area contributed by atoms with Gasteiger partial charge in [-0.1, -0.05) is 18.2 Å². The Hall–Kier alpha value is -3.13. The SMILES string of the molecule is CC(=O)N1CCC(N2CC3CC(C2)c2ccc(NC(=O)Nc4ccccc4)c(=O)n2C3)CC1. The number of amides is 3. The number of fused-ring (bicyclic) bond motifs is 4. The number of benzene rings is 1. The van der Waals surface area contributed by atoms with Gasteiger partial charge in [0.2, 0.25) is 5.91 Å². The number of carbonyl (C=O) groups is 2. The number of likely N-dealkylation sites (tertiary alicyclic amines) is 2.